The molecule has 6 nitrogen and oxygen atoms in total. The van der Waals surface area contributed by atoms with Crippen LogP contribution in [0, 0.1) is 11.3 Å². The van der Waals surface area contributed by atoms with Gasteiger partial charge in [0.05, 0.1) is 11.3 Å². The van der Waals surface area contributed by atoms with Crippen molar-refractivity contribution in [1.82, 2.24) is 10.2 Å². The lowest BCUT2D eigenvalue weighted by Gasteiger charge is -2.29. The first kappa shape index (κ1) is 20.1. The maximum atomic E-state index is 12.8. The number of para-hydroxylation sites is 2. The number of fused-ring (bicyclic) bond motifs is 1. The number of hydrogen-bond acceptors (Lipinski definition) is 4. The summed E-state index contributed by atoms with van der Waals surface area (Å²) in [5.74, 6) is 0. The monoisotopic (exact) mass is 403 g/mol. The van der Waals surface area contributed by atoms with Crippen LogP contribution in [0.3, 0.4) is 0 Å². The predicted molar refractivity (Wildman–Crippen MR) is 120 cm³/mol. The molecule has 6 heteroatoms. The average Bonchev–Trinajstić information content (AvgIpc) is 3.06. The van der Waals surface area contributed by atoms with E-state index in [1.165, 1.54) is 11.3 Å². The van der Waals surface area contributed by atoms with Crippen LogP contribution in [0.15, 0.2) is 48.5 Å². The van der Waals surface area contributed by atoms with E-state index >= 15 is 0 Å². The van der Waals surface area contributed by atoms with E-state index < -0.39 is 0 Å². The number of anilines is 2. The maximum Gasteiger partial charge on any atom is 0.317 e. The number of carbonyl (C=O) groups is 1. The molecule has 0 aliphatic carbocycles. The van der Waals surface area contributed by atoms with Gasteiger partial charge >= 0.3 is 6.03 Å². The second-order valence-electron chi connectivity index (χ2n) is 8.06. The van der Waals surface area contributed by atoms with Crippen LogP contribution in [-0.2, 0) is 6.42 Å². The summed E-state index contributed by atoms with van der Waals surface area (Å²) in [7, 11) is 0. The lowest BCUT2D eigenvalue weighted by molar-refractivity contribution is 0.201. The molecule has 0 radical (unpaired) electrons. The third-order valence-electron chi connectivity index (χ3n) is 6.15. The molecule has 156 valence electrons. The summed E-state index contributed by atoms with van der Waals surface area (Å²) < 4.78 is 0. The molecule has 0 saturated carbocycles. The molecule has 0 bridgehead atoms. The molecule has 2 heterocycles. The molecule has 30 heavy (non-hydrogen) atoms. The average molecular weight is 404 g/mol. The molecule has 1 fully saturated rings. The molecule has 2 aromatic carbocycles. The Bertz CT molecular complexity index is 937. The number of rotatable bonds is 4. The largest absolute Gasteiger partial charge is 0.369 e. The molecule has 0 aromatic heterocycles. The third kappa shape index (κ3) is 4.20. The van der Waals surface area contributed by atoms with Crippen LogP contribution < -0.4 is 15.1 Å². The van der Waals surface area contributed by atoms with Gasteiger partial charge in [0.2, 0.25) is 0 Å². The molecule has 2 amide bonds. The fraction of sp³-hybridized carbons (Fsp3) is 0.417. The van der Waals surface area contributed by atoms with Crippen LogP contribution in [0.2, 0.25) is 0 Å². The molecule has 2 aliphatic rings. The molecule has 1 atom stereocenters. The third-order valence-corrected chi connectivity index (χ3v) is 6.15. The topological polar surface area (TPSA) is 62.6 Å². The maximum absolute atomic E-state index is 12.8. The van der Waals surface area contributed by atoms with Gasteiger partial charge in [-0.05, 0) is 43.5 Å². The highest BCUT2D eigenvalue weighted by molar-refractivity contribution is 5.74. The van der Waals surface area contributed by atoms with Crippen LogP contribution in [-0.4, -0.2) is 56.2 Å². The minimum absolute atomic E-state index is 0.00440. The first-order valence-electron chi connectivity index (χ1n) is 10.8. The van der Waals surface area contributed by atoms with Crippen molar-refractivity contribution >= 4 is 17.4 Å². The Labute approximate surface area is 178 Å². The first-order chi connectivity index (χ1) is 14.7. The van der Waals surface area contributed by atoms with E-state index in [4.69, 9.17) is 0 Å². The van der Waals surface area contributed by atoms with Crippen LogP contribution in [0.25, 0.3) is 0 Å². The van der Waals surface area contributed by atoms with E-state index in [9.17, 15) is 10.1 Å². The Kier molecular flexibility index (Phi) is 6.08. The minimum atomic E-state index is 0.00440. The van der Waals surface area contributed by atoms with E-state index in [-0.39, 0.29) is 12.1 Å². The number of nitrogens with one attached hydrogen (secondary N) is 1. The zero-order chi connectivity index (χ0) is 20.9. The number of carbonyl (C=O) groups excluding carboxylic acids is 1. The summed E-state index contributed by atoms with van der Waals surface area (Å²) in [4.78, 5) is 19.3. The van der Waals surface area contributed by atoms with Gasteiger partial charge < -0.3 is 20.0 Å². The Hall–Kier alpha value is -3.20. The quantitative estimate of drug-likeness (QED) is 0.851. The van der Waals surface area contributed by atoms with Crippen LogP contribution in [0.4, 0.5) is 16.2 Å². The van der Waals surface area contributed by atoms with E-state index in [1.807, 2.05) is 29.2 Å². The smallest absolute Gasteiger partial charge is 0.317 e. The minimum Gasteiger partial charge on any atom is -0.369 e. The molecule has 1 N–H and O–H groups in total. The lowest BCUT2D eigenvalue weighted by atomic mass is 10.1. The van der Waals surface area contributed by atoms with Gasteiger partial charge in [0, 0.05) is 51.0 Å². The highest BCUT2D eigenvalue weighted by Gasteiger charge is 2.25. The van der Waals surface area contributed by atoms with Crippen molar-refractivity contribution in [3.8, 4) is 6.07 Å². The molecule has 0 spiro atoms. The molecule has 4 rings (SSSR count). The summed E-state index contributed by atoms with van der Waals surface area (Å²) >= 11 is 0. The number of hydrogen-bond donors (Lipinski definition) is 1. The van der Waals surface area contributed by atoms with Gasteiger partial charge in [-0.1, -0.05) is 30.3 Å². The molecule has 2 aliphatic heterocycles. The number of nitriles is 1. The number of nitrogens with zero attached hydrogens (tertiary/aromatic N) is 4. The van der Waals surface area contributed by atoms with Crippen molar-refractivity contribution < 1.29 is 4.79 Å². The standard InChI is InChI=1S/C24H29N5O/c1-19(29-14-11-20-7-2-5-10-23(20)29)18-26-24(30)28-13-6-12-27(15-16-28)22-9-4-3-8-21(22)17-25/h2-5,7-10,19H,6,11-16,18H2,1H3,(H,26,30). The van der Waals surface area contributed by atoms with Gasteiger partial charge in [-0.25, -0.2) is 4.79 Å². The molecular formula is C24H29N5O. The molecule has 1 unspecified atom stereocenters. The number of urea groups is 1. The summed E-state index contributed by atoms with van der Waals surface area (Å²) in [6.45, 7) is 6.79. The lowest BCUT2D eigenvalue weighted by Crippen LogP contribution is -2.47. The fourth-order valence-electron chi connectivity index (χ4n) is 4.48. The van der Waals surface area contributed by atoms with Crippen molar-refractivity contribution in [2.24, 2.45) is 0 Å². The van der Waals surface area contributed by atoms with Gasteiger partial charge in [-0.15, -0.1) is 0 Å². The highest BCUT2D eigenvalue weighted by Crippen LogP contribution is 2.29. The SMILES string of the molecule is CC(CNC(=O)N1CCCN(c2ccccc2C#N)CC1)N1CCc2ccccc21. The fourth-order valence-corrected chi connectivity index (χ4v) is 4.48. The molecule has 1 saturated heterocycles. The summed E-state index contributed by atoms with van der Waals surface area (Å²) in [5, 5.41) is 12.5. The van der Waals surface area contributed by atoms with Gasteiger partial charge in [0.15, 0.2) is 0 Å². The van der Waals surface area contributed by atoms with E-state index in [0.717, 1.165) is 44.7 Å². The summed E-state index contributed by atoms with van der Waals surface area (Å²) in [6.07, 6.45) is 1.96. The number of benzene rings is 2. The second-order valence-corrected chi connectivity index (χ2v) is 8.06. The van der Waals surface area contributed by atoms with Crippen LogP contribution in [0.5, 0.6) is 0 Å². The van der Waals surface area contributed by atoms with Gasteiger partial charge in [0.1, 0.15) is 6.07 Å². The van der Waals surface area contributed by atoms with E-state index in [2.05, 4.69) is 52.4 Å². The van der Waals surface area contributed by atoms with Crippen molar-refractivity contribution in [1.29, 1.82) is 5.26 Å². The highest BCUT2D eigenvalue weighted by atomic mass is 16.2. The predicted octanol–water partition coefficient (Wildman–Crippen LogP) is 3.23. The second kappa shape index (κ2) is 9.08. The zero-order valence-corrected chi connectivity index (χ0v) is 17.6. The summed E-state index contributed by atoms with van der Waals surface area (Å²) in [5.41, 5.74) is 4.33. The normalized spacial score (nSPS) is 17.1. The van der Waals surface area contributed by atoms with Gasteiger partial charge in [-0.2, -0.15) is 5.26 Å². The Morgan fingerprint density at radius 1 is 1.03 bits per heavy atom. The van der Waals surface area contributed by atoms with Crippen molar-refractivity contribution in [2.45, 2.75) is 25.8 Å². The van der Waals surface area contributed by atoms with E-state index in [1.54, 1.807) is 0 Å². The molecular weight excluding hydrogens is 374 g/mol. The van der Waals surface area contributed by atoms with Crippen molar-refractivity contribution in [2.75, 3.05) is 49.1 Å². The van der Waals surface area contributed by atoms with Crippen molar-refractivity contribution in [3.63, 3.8) is 0 Å². The van der Waals surface area contributed by atoms with Gasteiger partial charge in [0.25, 0.3) is 0 Å². The first-order valence-corrected chi connectivity index (χ1v) is 10.8. The molecule has 2 aromatic rings. The Morgan fingerprint density at radius 3 is 2.63 bits per heavy atom. The van der Waals surface area contributed by atoms with Crippen LogP contribution >= 0.6 is 0 Å². The Balaban J connectivity index is 1.31. The zero-order valence-electron chi connectivity index (χ0n) is 17.6. The van der Waals surface area contributed by atoms with E-state index in [0.29, 0.717) is 18.7 Å². The van der Waals surface area contributed by atoms with Crippen molar-refractivity contribution in [3.05, 3.63) is 59.7 Å². The van der Waals surface area contributed by atoms with Gasteiger partial charge in [-0.3, -0.25) is 0 Å². The number of amides is 2. The summed E-state index contributed by atoms with van der Waals surface area (Å²) in [6, 6.07) is 18.7. The Morgan fingerprint density at radius 2 is 1.80 bits per heavy atom. The van der Waals surface area contributed by atoms with Crippen LogP contribution in [0.1, 0.15) is 24.5 Å².